The Bertz CT molecular complexity index is 656. The molecule has 0 bridgehead atoms. The van der Waals surface area contributed by atoms with Gasteiger partial charge in [0.25, 0.3) is 5.91 Å². The Morgan fingerprint density at radius 3 is 2.70 bits per heavy atom. The summed E-state index contributed by atoms with van der Waals surface area (Å²) in [7, 11) is 1.49. The lowest BCUT2D eigenvalue weighted by Crippen LogP contribution is -2.15. The number of amides is 1. The van der Waals surface area contributed by atoms with Crippen molar-refractivity contribution in [1.29, 1.82) is 0 Å². The summed E-state index contributed by atoms with van der Waals surface area (Å²) >= 11 is 0. The molecule has 6 nitrogen and oxygen atoms in total. The molecule has 1 amide bonds. The fourth-order valence-corrected chi connectivity index (χ4v) is 1.70. The van der Waals surface area contributed by atoms with Gasteiger partial charge in [-0.15, -0.1) is 0 Å². The molecule has 0 spiro atoms. The number of ether oxygens (including phenoxy) is 1. The van der Waals surface area contributed by atoms with Crippen molar-refractivity contribution in [2.75, 3.05) is 12.4 Å². The minimum atomic E-state index is -0.473. The van der Waals surface area contributed by atoms with Crippen molar-refractivity contribution in [2.45, 2.75) is 13.8 Å². The van der Waals surface area contributed by atoms with Crippen molar-refractivity contribution in [1.82, 2.24) is 9.97 Å². The summed E-state index contributed by atoms with van der Waals surface area (Å²) in [6, 6.07) is 6.44. The van der Waals surface area contributed by atoms with Gasteiger partial charge >= 0.3 is 0 Å². The summed E-state index contributed by atoms with van der Waals surface area (Å²) in [4.78, 5) is 20.2. The van der Waals surface area contributed by atoms with Crippen LogP contribution in [0.25, 0.3) is 0 Å². The molecule has 2 rings (SSSR count). The fraction of sp³-hybridized carbons (Fsp3) is 0.214. The molecule has 2 aromatic rings. The Morgan fingerprint density at radius 1 is 1.25 bits per heavy atom. The van der Waals surface area contributed by atoms with E-state index in [0.717, 1.165) is 5.56 Å². The van der Waals surface area contributed by atoms with Gasteiger partial charge in [0.05, 0.1) is 12.7 Å². The maximum absolute atomic E-state index is 12.1. The van der Waals surface area contributed by atoms with Gasteiger partial charge in [-0.1, -0.05) is 11.6 Å². The number of carbonyl (C=O) groups is 1. The summed E-state index contributed by atoms with van der Waals surface area (Å²) < 4.78 is 5.01. The molecule has 0 aliphatic heterocycles. The Morgan fingerprint density at radius 2 is 2.00 bits per heavy atom. The maximum Gasteiger partial charge on any atom is 0.261 e. The zero-order chi connectivity index (χ0) is 14.7. The van der Waals surface area contributed by atoms with Crippen LogP contribution in [0.15, 0.2) is 24.3 Å². The van der Waals surface area contributed by atoms with Crippen LogP contribution in [-0.2, 0) is 0 Å². The number of hydrogen-bond donors (Lipinski definition) is 2. The Hall–Kier alpha value is -2.63. The standard InChI is InChI=1S/C14H15N3O3/c1-8-4-5-11(18)10(6-8)13(19)17-14-15-9(2)7-12(16-14)20-3/h4-7,18H,1-3H3,(H,15,16,17,19). The number of phenols is 1. The molecule has 0 fully saturated rings. The first-order chi connectivity index (χ1) is 9.49. The highest BCUT2D eigenvalue weighted by Gasteiger charge is 2.13. The smallest absolute Gasteiger partial charge is 0.261 e. The third-order valence-corrected chi connectivity index (χ3v) is 2.66. The lowest BCUT2D eigenvalue weighted by Gasteiger charge is -2.08. The van der Waals surface area contributed by atoms with Crippen LogP contribution in [0, 0.1) is 13.8 Å². The largest absolute Gasteiger partial charge is 0.507 e. The van der Waals surface area contributed by atoms with Gasteiger partial charge in [0.1, 0.15) is 5.75 Å². The second-order valence-corrected chi connectivity index (χ2v) is 4.35. The second-order valence-electron chi connectivity index (χ2n) is 4.35. The first-order valence-corrected chi connectivity index (χ1v) is 6.00. The van der Waals surface area contributed by atoms with E-state index in [-0.39, 0.29) is 17.3 Å². The van der Waals surface area contributed by atoms with E-state index in [4.69, 9.17) is 4.74 Å². The molecule has 1 aromatic heterocycles. The summed E-state index contributed by atoms with van der Waals surface area (Å²) in [6.07, 6.45) is 0. The van der Waals surface area contributed by atoms with Crippen molar-refractivity contribution < 1.29 is 14.6 Å². The first kappa shape index (κ1) is 13.8. The van der Waals surface area contributed by atoms with Crippen LogP contribution >= 0.6 is 0 Å². The van der Waals surface area contributed by atoms with Gasteiger partial charge in [0, 0.05) is 11.8 Å². The van der Waals surface area contributed by atoms with Crippen LogP contribution in [0.5, 0.6) is 11.6 Å². The van der Waals surface area contributed by atoms with Crippen LogP contribution in [0.3, 0.4) is 0 Å². The number of anilines is 1. The van der Waals surface area contributed by atoms with Gasteiger partial charge in [-0.3, -0.25) is 10.1 Å². The molecular weight excluding hydrogens is 258 g/mol. The van der Waals surface area contributed by atoms with E-state index in [0.29, 0.717) is 11.6 Å². The lowest BCUT2D eigenvalue weighted by molar-refractivity contribution is 0.102. The fourth-order valence-electron chi connectivity index (χ4n) is 1.70. The molecule has 0 aliphatic rings. The number of aromatic nitrogens is 2. The van der Waals surface area contributed by atoms with Crippen molar-refractivity contribution in [3.63, 3.8) is 0 Å². The number of nitrogens with zero attached hydrogens (tertiary/aromatic N) is 2. The van der Waals surface area contributed by atoms with E-state index >= 15 is 0 Å². The number of phenolic OH excluding ortho intramolecular Hbond substituents is 1. The molecule has 0 atom stereocenters. The van der Waals surface area contributed by atoms with Crippen LogP contribution in [0.2, 0.25) is 0 Å². The van der Waals surface area contributed by atoms with E-state index in [1.165, 1.54) is 13.2 Å². The quantitative estimate of drug-likeness (QED) is 0.894. The zero-order valence-corrected chi connectivity index (χ0v) is 11.5. The monoisotopic (exact) mass is 273 g/mol. The average Bonchev–Trinajstić information content (AvgIpc) is 2.40. The molecule has 0 saturated heterocycles. The molecule has 1 aromatic carbocycles. The van der Waals surface area contributed by atoms with Crippen LogP contribution in [0.1, 0.15) is 21.6 Å². The van der Waals surface area contributed by atoms with Crippen LogP contribution in [0.4, 0.5) is 5.95 Å². The van der Waals surface area contributed by atoms with Gasteiger partial charge in [0.2, 0.25) is 11.8 Å². The normalized spacial score (nSPS) is 10.2. The minimum absolute atomic E-state index is 0.0901. The number of nitrogens with one attached hydrogen (secondary N) is 1. The van der Waals surface area contributed by atoms with E-state index in [9.17, 15) is 9.90 Å². The van der Waals surface area contributed by atoms with Crippen LogP contribution < -0.4 is 10.1 Å². The number of rotatable bonds is 3. The average molecular weight is 273 g/mol. The Balaban J connectivity index is 2.27. The summed E-state index contributed by atoms with van der Waals surface area (Å²) in [5.74, 6) is -0.0689. The van der Waals surface area contributed by atoms with E-state index < -0.39 is 5.91 Å². The van der Waals surface area contributed by atoms with E-state index in [1.54, 1.807) is 25.1 Å². The molecule has 0 saturated carbocycles. The highest BCUT2D eigenvalue weighted by Crippen LogP contribution is 2.19. The highest BCUT2D eigenvalue weighted by atomic mass is 16.5. The number of benzene rings is 1. The van der Waals surface area contributed by atoms with Crippen LogP contribution in [-0.4, -0.2) is 28.1 Å². The lowest BCUT2D eigenvalue weighted by atomic mass is 10.1. The molecule has 1 heterocycles. The molecule has 6 heteroatoms. The van der Waals surface area contributed by atoms with Gasteiger partial charge in [0.15, 0.2) is 0 Å². The van der Waals surface area contributed by atoms with Gasteiger partial charge in [-0.25, -0.2) is 4.98 Å². The van der Waals surface area contributed by atoms with Gasteiger partial charge in [-0.05, 0) is 26.0 Å². The SMILES string of the molecule is COc1cc(C)nc(NC(=O)c2cc(C)ccc2O)n1. The highest BCUT2D eigenvalue weighted by molar-refractivity contribution is 6.05. The molecule has 104 valence electrons. The maximum atomic E-state index is 12.1. The molecule has 0 aliphatic carbocycles. The van der Waals surface area contributed by atoms with Crippen molar-refractivity contribution in [3.8, 4) is 11.6 Å². The Labute approximate surface area is 116 Å². The molecule has 0 unspecified atom stereocenters. The molecule has 20 heavy (non-hydrogen) atoms. The molecule has 2 N–H and O–H groups in total. The van der Waals surface area contributed by atoms with E-state index in [1.807, 2.05) is 6.92 Å². The number of aromatic hydroxyl groups is 1. The summed E-state index contributed by atoms with van der Waals surface area (Å²) in [5.41, 5.74) is 1.71. The third kappa shape index (κ3) is 3.03. The number of hydrogen-bond acceptors (Lipinski definition) is 5. The predicted octanol–water partition coefficient (Wildman–Crippen LogP) is 2.06. The van der Waals surface area contributed by atoms with Crippen molar-refractivity contribution in [2.24, 2.45) is 0 Å². The first-order valence-electron chi connectivity index (χ1n) is 6.00. The Kier molecular flexibility index (Phi) is 3.84. The minimum Gasteiger partial charge on any atom is -0.507 e. The third-order valence-electron chi connectivity index (χ3n) is 2.66. The number of carbonyl (C=O) groups excluding carboxylic acids is 1. The molecular formula is C14H15N3O3. The van der Waals surface area contributed by atoms with Gasteiger partial charge < -0.3 is 9.84 Å². The number of methoxy groups -OCH3 is 1. The summed E-state index contributed by atoms with van der Waals surface area (Å²) in [6.45, 7) is 3.60. The topological polar surface area (TPSA) is 84.3 Å². The second kappa shape index (κ2) is 5.56. The number of aryl methyl sites for hydroxylation is 2. The predicted molar refractivity (Wildman–Crippen MR) is 74.1 cm³/mol. The van der Waals surface area contributed by atoms with E-state index in [2.05, 4.69) is 15.3 Å². The van der Waals surface area contributed by atoms with Crippen molar-refractivity contribution >= 4 is 11.9 Å². The zero-order valence-electron chi connectivity index (χ0n) is 11.5. The molecule has 0 radical (unpaired) electrons. The van der Waals surface area contributed by atoms with Gasteiger partial charge in [-0.2, -0.15) is 4.98 Å². The summed E-state index contributed by atoms with van der Waals surface area (Å²) in [5, 5.41) is 12.3. The van der Waals surface area contributed by atoms with Crippen molar-refractivity contribution in [3.05, 3.63) is 41.1 Å².